The minimum atomic E-state index is -1.05. The summed E-state index contributed by atoms with van der Waals surface area (Å²) in [5.74, 6) is -1.34. The van der Waals surface area contributed by atoms with Gasteiger partial charge in [0.05, 0.1) is 12.2 Å². The maximum Gasteiger partial charge on any atom is 0.305 e. The molecule has 0 radical (unpaired) electrons. The van der Waals surface area contributed by atoms with Crippen molar-refractivity contribution < 1.29 is 39.2 Å². The number of allylic oxidation sites excluding steroid dienone is 2. The third-order valence-corrected chi connectivity index (χ3v) is 8.31. The quantitative estimate of drug-likeness (QED) is 0.0511. The van der Waals surface area contributed by atoms with E-state index in [0.29, 0.717) is 32.1 Å². The number of aliphatic hydroxyl groups excluding tert-OH is 3. The van der Waals surface area contributed by atoms with Crippen LogP contribution in [0, 0.1) is 11.8 Å². The number of carbonyl (C=O) groups is 3. The molecular weight excluding hydrogens is 560 g/mol. The summed E-state index contributed by atoms with van der Waals surface area (Å²) in [6.45, 7) is 3.94. The van der Waals surface area contributed by atoms with Crippen LogP contribution in [0.2, 0.25) is 0 Å². The van der Waals surface area contributed by atoms with Crippen molar-refractivity contribution in [2.24, 2.45) is 11.8 Å². The van der Waals surface area contributed by atoms with Crippen molar-refractivity contribution in [2.75, 3.05) is 13.2 Å². The van der Waals surface area contributed by atoms with Crippen LogP contribution in [0.5, 0.6) is 0 Å². The van der Waals surface area contributed by atoms with Gasteiger partial charge in [0.15, 0.2) is 0 Å². The van der Waals surface area contributed by atoms with Crippen LogP contribution in [-0.4, -0.2) is 64.6 Å². The molecule has 0 unspecified atom stereocenters. The summed E-state index contributed by atoms with van der Waals surface area (Å²) in [6.07, 6.45) is 23.1. The molecule has 0 saturated heterocycles. The maximum atomic E-state index is 12.4. The monoisotopic (exact) mass is 622 g/mol. The number of hydrogen-bond acceptors (Lipinski definition) is 8. The van der Waals surface area contributed by atoms with Crippen molar-refractivity contribution in [2.45, 2.75) is 161 Å². The van der Waals surface area contributed by atoms with Gasteiger partial charge in [0, 0.05) is 31.1 Å². The van der Waals surface area contributed by atoms with Crippen molar-refractivity contribution in [1.29, 1.82) is 0 Å². The lowest BCUT2D eigenvalue weighted by Crippen LogP contribution is -2.25. The van der Waals surface area contributed by atoms with E-state index in [1.807, 2.05) is 12.2 Å². The minimum Gasteiger partial charge on any atom is -0.463 e. The predicted molar refractivity (Wildman–Crippen MR) is 174 cm³/mol. The van der Waals surface area contributed by atoms with Gasteiger partial charge in [-0.25, -0.2) is 0 Å². The van der Waals surface area contributed by atoms with E-state index in [9.17, 15) is 29.7 Å². The molecule has 1 rings (SSSR count). The molecule has 254 valence electrons. The molecule has 0 aromatic rings. The lowest BCUT2D eigenvalue weighted by Gasteiger charge is -2.16. The van der Waals surface area contributed by atoms with Crippen LogP contribution in [0.15, 0.2) is 24.3 Å². The fourth-order valence-corrected chi connectivity index (χ4v) is 5.54. The first kappa shape index (κ1) is 40.0. The van der Waals surface area contributed by atoms with E-state index in [-0.39, 0.29) is 49.6 Å². The molecule has 1 fully saturated rings. The Bertz CT molecular complexity index is 823. The van der Waals surface area contributed by atoms with Gasteiger partial charge in [-0.05, 0) is 32.1 Å². The van der Waals surface area contributed by atoms with E-state index in [4.69, 9.17) is 9.47 Å². The number of unbranched alkanes of at least 4 members (excludes halogenated alkanes) is 12. The number of ether oxygens (including phenoxy) is 2. The highest BCUT2D eigenvalue weighted by molar-refractivity contribution is 5.84. The molecule has 0 aliphatic heterocycles. The highest BCUT2D eigenvalue weighted by atomic mass is 16.6. The van der Waals surface area contributed by atoms with Gasteiger partial charge >= 0.3 is 11.9 Å². The molecule has 5 atom stereocenters. The standard InChI is InChI=1S/C36H62O8/c1-3-5-7-8-9-10-11-12-13-18-22-35(41)43-27-30(38)28-44-36(42)23-19-15-14-17-21-31-32(34(40)26-33(31)39)25-24-29(37)20-16-6-4-2/h14,17,24-25,29-32,34,37-38,40H,3-13,15-16,18-23,26-28H2,1-2H3/b17-14-,25-24+/t29-,30-,31+,32+,34+/m0/s1. The number of aliphatic hydroxyl groups is 3. The first-order valence-corrected chi connectivity index (χ1v) is 17.5. The zero-order valence-corrected chi connectivity index (χ0v) is 27.6. The van der Waals surface area contributed by atoms with Gasteiger partial charge in [-0.2, -0.15) is 0 Å². The van der Waals surface area contributed by atoms with Crippen LogP contribution in [0.3, 0.4) is 0 Å². The highest BCUT2D eigenvalue weighted by Gasteiger charge is 2.39. The van der Waals surface area contributed by atoms with Crippen LogP contribution < -0.4 is 0 Å². The van der Waals surface area contributed by atoms with Gasteiger partial charge in [-0.3, -0.25) is 14.4 Å². The Labute approximate surface area is 266 Å². The Morgan fingerprint density at radius 3 is 1.95 bits per heavy atom. The Balaban J connectivity index is 2.12. The Morgan fingerprint density at radius 1 is 0.795 bits per heavy atom. The smallest absolute Gasteiger partial charge is 0.305 e. The number of rotatable bonds is 27. The van der Waals surface area contributed by atoms with E-state index < -0.39 is 24.3 Å². The number of hydrogen-bond donors (Lipinski definition) is 3. The Hall–Kier alpha value is -2.03. The molecule has 0 aromatic carbocycles. The van der Waals surface area contributed by atoms with E-state index in [2.05, 4.69) is 13.8 Å². The summed E-state index contributed by atoms with van der Waals surface area (Å²) < 4.78 is 10.2. The summed E-state index contributed by atoms with van der Waals surface area (Å²) in [5, 5.41) is 30.5. The summed E-state index contributed by atoms with van der Waals surface area (Å²) in [7, 11) is 0. The third kappa shape index (κ3) is 20.1. The second-order valence-corrected chi connectivity index (χ2v) is 12.4. The molecular formula is C36H62O8. The Kier molecular flexibility index (Phi) is 23.8. The molecule has 0 heterocycles. The van der Waals surface area contributed by atoms with Crippen molar-refractivity contribution >= 4 is 17.7 Å². The summed E-state index contributed by atoms with van der Waals surface area (Å²) in [5.41, 5.74) is 0. The Morgan fingerprint density at radius 2 is 1.34 bits per heavy atom. The second kappa shape index (κ2) is 26.2. The van der Waals surface area contributed by atoms with Gasteiger partial charge in [0.1, 0.15) is 25.1 Å². The average Bonchev–Trinajstić information content (AvgIpc) is 3.27. The summed E-state index contributed by atoms with van der Waals surface area (Å²) >= 11 is 0. The van der Waals surface area contributed by atoms with Gasteiger partial charge in [0.2, 0.25) is 0 Å². The molecule has 8 nitrogen and oxygen atoms in total. The maximum absolute atomic E-state index is 12.4. The van der Waals surface area contributed by atoms with Crippen LogP contribution in [-0.2, 0) is 23.9 Å². The minimum absolute atomic E-state index is 0.0314. The fourth-order valence-electron chi connectivity index (χ4n) is 5.54. The van der Waals surface area contributed by atoms with Gasteiger partial charge in [-0.15, -0.1) is 0 Å². The van der Waals surface area contributed by atoms with Crippen molar-refractivity contribution in [3.63, 3.8) is 0 Å². The topological polar surface area (TPSA) is 130 Å². The van der Waals surface area contributed by atoms with Crippen LogP contribution in [0.4, 0.5) is 0 Å². The number of ketones is 1. The molecule has 0 bridgehead atoms. The molecule has 0 aromatic heterocycles. The average molecular weight is 623 g/mol. The van der Waals surface area contributed by atoms with Gasteiger partial charge in [-0.1, -0.05) is 115 Å². The predicted octanol–water partition coefficient (Wildman–Crippen LogP) is 6.92. The molecule has 3 N–H and O–H groups in total. The van der Waals surface area contributed by atoms with E-state index in [0.717, 1.165) is 38.5 Å². The molecule has 0 spiro atoms. The van der Waals surface area contributed by atoms with Crippen molar-refractivity contribution in [3.8, 4) is 0 Å². The number of Topliss-reactive ketones (excluding diaryl/α,β-unsaturated/α-hetero) is 1. The molecule has 1 saturated carbocycles. The van der Waals surface area contributed by atoms with Crippen molar-refractivity contribution in [3.05, 3.63) is 24.3 Å². The van der Waals surface area contributed by atoms with Crippen LogP contribution in [0.1, 0.15) is 142 Å². The van der Waals surface area contributed by atoms with Gasteiger partial charge < -0.3 is 24.8 Å². The van der Waals surface area contributed by atoms with E-state index >= 15 is 0 Å². The highest BCUT2D eigenvalue weighted by Crippen LogP contribution is 2.33. The molecule has 1 aliphatic carbocycles. The second-order valence-electron chi connectivity index (χ2n) is 12.4. The lowest BCUT2D eigenvalue weighted by atomic mass is 9.90. The lowest BCUT2D eigenvalue weighted by molar-refractivity contribution is -0.152. The molecule has 44 heavy (non-hydrogen) atoms. The summed E-state index contributed by atoms with van der Waals surface area (Å²) in [6, 6.07) is 0. The van der Waals surface area contributed by atoms with E-state index in [1.54, 1.807) is 12.2 Å². The number of carbonyl (C=O) groups excluding carboxylic acids is 3. The fraction of sp³-hybridized carbons (Fsp3) is 0.806. The summed E-state index contributed by atoms with van der Waals surface area (Å²) in [4.78, 5) is 36.3. The molecule has 0 amide bonds. The zero-order valence-electron chi connectivity index (χ0n) is 27.6. The molecule has 8 heteroatoms. The molecule has 1 aliphatic rings. The normalized spacial score (nSPS) is 20.0. The largest absolute Gasteiger partial charge is 0.463 e. The zero-order chi connectivity index (χ0) is 32.4. The third-order valence-electron chi connectivity index (χ3n) is 8.31. The SMILES string of the molecule is CCCCCCCCCCCCC(=O)OC[C@H](O)COC(=O)CCC/C=C\C[C@H]1C(=O)C[C@@H](O)[C@@H]1/C=C/[C@@H](O)CCCCC. The first-order chi connectivity index (χ1) is 21.3. The van der Waals surface area contributed by atoms with Gasteiger partial charge in [0.25, 0.3) is 0 Å². The first-order valence-electron chi connectivity index (χ1n) is 17.5. The van der Waals surface area contributed by atoms with E-state index in [1.165, 1.54) is 44.9 Å². The number of esters is 2. The van der Waals surface area contributed by atoms with Crippen LogP contribution in [0.25, 0.3) is 0 Å². The van der Waals surface area contributed by atoms with Crippen LogP contribution >= 0.6 is 0 Å². The van der Waals surface area contributed by atoms with Crippen molar-refractivity contribution in [1.82, 2.24) is 0 Å².